The van der Waals surface area contributed by atoms with Crippen molar-refractivity contribution in [1.29, 1.82) is 0 Å². The number of aromatic amines is 1. The monoisotopic (exact) mass is 307 g/mol. The number of hydrogen-bond donors (Lipinski definition) is 1. The molecule has 4 aromatic rings. The fraction of sp³-hybridized carbons (Fsp3) is 0.0588. The van der Waals surface area contributed by atoms with Gasteiger partial charge in [0.05, 0.1) is 6.26 Å². The highest BCUT2D eigenvalue weighted by Gasteiger charge is 2.06. The SMILES string of the molecule is Cn1c(-c2ccc(-c3ccc4occc4c3)cc2)n[nH]c1=S. The molecule has 0 bridgehead atoms. The van der Waals surface area contributed by atoms with E-state index >= 15 is 0 Å². The van der Waals surface area contributed by atoms with Gasteiger partial charge in [0, 0.05) is 18.0 Å². The Morgan fingerprint density at radius 3 is 2.45 bits per heavy atom. The number of rotatable bonds is 2. The molecule has 1 N–H and O–H groups in total. The predicted molar refractivity (Wildman–Crippen MR) is 89.0 cm³/mol. The number of benzene rings is 2. The van der Waals surface area contributed by atoms with E-state index in [1.807, 2.05) is 23.7 Å². The zero-order valence-corrected chi connectivity index (χ0v) is 12.7. The first-order valence-electron chi connectivity index (χ1n) is 6.92. The first kappa shape index (κ1) is 13.0. The summed E-state index contributed by atoms with van der Waals surface area (Å²) >= 11 is 5.15. The number of aromatic nitrogens is 3. The normalized spacial score (nSPS) is 11.1. The van der Waals surface area contributed by atoms with Gasteiger partial charge in [0.25, 0.3) is 0 Å². The first-order chi connectivity index (χ1) is 10.7. The van der Waals surface area contributed by atoms with Gasteiger partial charge in [0.15, 0.2) is 10.6 Å². The van der Waals surface area contributed by atoms with Gasteiger partial charge in [-0.25, -0.2) is 0 Å². The van der Waals surface area contributed by atoms with Crippen LogP contribution in [0.2, 0.25) is 0 Å². The molecule has 0 unspecified atom stereocenters. The van der Waals surface area contributed by atoms with Gasteiger partial charge in [-0.3, -0.25) is 5.10 Å². The summed E-state index contributed by atoms with van der Waals surface area (Å²) < 4.78 is 7.86. The smallest absolute Gasteiger partial charge is 0.195 e. The second-order valence-corrected chi connectivity index (χ2v) is 5.55. The molecule has 0 radical (unpaired) electrons. The van der Waals surface area contributed by atoms with Gasteiger partial charge in [-0.15, -0.1) is 0 Å². The van der Waals surface area contributed by atoms with Gasteiger partial charge in [0.1, 0.15) is 5.58 Å². The molecule has 2 aromatic heterocycles. The fourth-order valence-electron chi connectivity index (χ4n) is 2.56. The summed E-state index contributed by atoms with van der Waals surface area (Å²) in [4.78, 5) is 0. The maximum Gasteiger partial charge on any atom is 0.195 e. The largest absolute Gasteiger partial charge is 0.464 e. The van der Waals surface area contributed by atoms with Crippen LogP contribution in [0.25, 0.3) is 33.5 Å². The van der Waals surface area contributed by atoms with Crippen molar-refractivity contribution in [2.45, 2.75) is 0 Å². The van der Waals surface area contributed by atoms with Crippen molar-refractivity contribution in [2.24, 2.45) is 7.05 Å². The molecule has 0 aliphatic carbocycles. The van der Waals surface area contributed by atoms with Crippen molar-refractivity contribution in [3.05, 3.63) is 59.6 Å². The molecule has 2 heterocycles. The Labute approximate surface area is 132 Å². The minimum atomic E-state index is 0.615. The minimum Gasteiger partial charge on any atom is -0.464 e. The number of fused-ring (bicyclic) bond motifs is 1. The van der Waals surface area contributed by atoms with Crippen LogP contribution in [-0.4, -0.2) is 14.8 Å². The molecule has 108 valence electrons. The lowest BCUT2D eigenvalue weighted by Gasteiger charge is -2.04. The van der Waals surface area contributed by atoms with E-state index in [2.05, 4.69) is 46.6 Å². The molecule has 0 spiro atoms. The van der Waals surface area contributed by atoms with E-state index in [0.717, 1.165) is 33.5 Å². The van der Waals surface area contributed by atoms with Gasteiger partial charge in [-0.1, -0.05) is 30.3 Å². The molecule has 0 aliphatic rings. The second kappa shape index (κ2) is 4.96. The van der Waals surface area contributed by atoms with Crippen molar-refractivity contribution in [3.8, 4) is 22.5 Å². The maximum absolute atomic E-state index is 5.38. The molecule has 4 rings (SSSR count). The van der Waals surface area contributed by atoms with E-state index in [-0.39, 0.29) is 0 Å². The van der Waals surface area contributed by atoms with Crippen LogP contribution >= 0.6 is 12.2 Å². The highest BCUT2D eigenvalue weighted by molar-refractivity contribution is 7.71. The highest BCUT2D eigenvalue weighted by atomic mass is 32.1. The lowest BCUT2D eigenvalue weighted by molar-refractivity contribution is 0.616. The van der Waals surface area contributed by atoms with Crippen LogP contribution in [0, 0.1) is 4.77 Å². The third-order valence-corrected chi connectivity index (χ3v) is 4.17. The van der Waals surface area contributed by atoms with Crippen molar-refractivity contribution in [2.75, 3.05) is 0 Å². The van der Waals surface area contributed by atoms with Gasteiger partial charge in [0.2, 0.25) is 0 Å². The lowest BCUT2D eigenvalue weighted by Crippen LogP contribution is -1.92. The molecule has 2 aromatic carbocycles. The van der Waals surface area contributed by atoms with Gasteiger partial charge in [-0.2, -0.15) is 5.10 Å². The van der Waals surface area contributed by atoms with Crippen LogP contribution in [0.1, 0.15) is 0 Å². The zero-order valence-electron chi connectivity index (χ0n) is 11.9. The predicted octanol–water partition coefficient (Wildman–Crippen LogP) is 4.56. The fourth-order valence-corrected chi connectivity index (χ4v) is 2.70. The number of H-pyrrole nitrogens is 1. The molecule has 0 saturated carbocycles. The second-order valence-electron chi connectivity index (χ2n) is 5.16. The number of furan rings is 1. The Bertz CT molecular complexity index is 1010. The maximum atomic E-state index is 5.38. The van der Waals surface area contributed by atoms with Crippen molar-refractivity contribution < 1.29 is 4.42 Å². The summed E-state index contributed by atoms with van der Waals surface area (Å²) in [6.07, 6.45) is 1.71. The summed E-state index contributed by atoms with van der Waals surface area (Å²) in [6.45, 7) is 0. The minimum absolute atomic E-state index is 0.615. The van der Waals surface area contributed by atoms with Crippen LogP contribution in [-0.2, 0) is 7.05 Å². The summed E-state index contributed by atoms with van der Waals surface area (Å²) in [5.74, 6) is 0.835. The molecular formula is C17H13N3OS. The van der Waals surface area contributed by atoms with Crippen LogP contribution in [0.15, 0.2) is 59.2 Å². The van der Waals surface area contributed by atoms with E-state index < -0.39 is 0 Å². The summed E-state index contributed by atoms with van der Waals surface area (Å²) in [6, 6.07) is 16.5. The quantitative estimate of drug-likeness (QED) is 0.552. The van der Waals surface area contributed by atoms with E-state index in [1.54, 1.807) is 6.26 Å². The van der Waals surface area contributed by atoms with Crippen LogP contribution in [0.5, 0.6) is 0 Å². The average Bonchev–Trinajstić information content (AvgIpc) is 3.14. The summed E-state index contributed by atoms with van der Waals surface area (Å²) in [7, 11) is 1.90. The van der Waals surface area contributed by atoms with E-state index in [1.165, 1.54) is 0 Å². The molecule has 0 aliphatic heterocycles. The van der Waals surface area contributed by atoms with Crippen molar-refractivity contribution in [1.82, 2.24) is 14.8 Å². The van der Waals surface area contributed by atoms with E-state index in [4.69, 9.17) is 16.6 Å². The zero-order chi connectivity index (χ0) is 15.1. The highest BCUT2D eigenvalue weighted by Crippen LogP contribution is 2.27. The number of hydrogen-bond acceptors (Lipinski definition) is 3. The summed E-state index contributed by atoms with van der Waals surface area (Å²) in [5.41, 5.74) is 4.25. The third-order valence-electron chi connectivity index (χ3n) is 3.81. The third kappa shape index (κ3) is 2.07. The Morgan fingerprint density at radius 2 is 1.73 bits per heavy atom. The standard InChI is InChI=1S/C17H13N3OS/c1-20-16(18-19-17(20)22)12-4-2-11(3-5-12)13-6-7-15-14(10-13)8-9-21-15/h2-10H,1H3,(H,19,22). The Hall–Kier alpha value is -2.66. The molecule has 22 heavy (non-hydrogen) atoms. The van der Waals surface area contributed by atoms with Crippen LogP contribution in [0.4, 0.5) is 0 Å². The Morgan fingerprint density at radius 1 is 1.00 bits per heavy atom. The molecule has 0 atom stereocenters. The van der Waals surface area contributed by atoms with Gasteiger partial charge in [-0.05, 0) is 41.5 Å². The molecule has 0 fully saturated rings. The molecular weight excluding hydrogens is 294 g/mol. The first-order valence-corrected chi connectivity index (χ1v) is 7.33. The average molecular weight is 307 g/mol. The molecule has 0 amide bonds. The molecule has 0 saturated heterocycles. The van der Waals surface area contributed by atoms with Crippen molar-refractivity contribution in [3.63, 3.8) is 0 Å². The van der Waals surface area contributed by atoms with Gasteiger partial charge < -0.3 is 8.98 Å². The topological polar surface area (TPSA) is 46.8 Å². The van der Waals surface area contributed by atoms with E-state index in [0.29, 0.717) is 4.77 Å². The van der Waals surface area contributed by atoms with Crippen molar-refractivity contribution >= 4 is 23.2 Å². The Kier molecular flexibility index (Phi) is 2.94. The Balaban J connectivity index is 1.75. The van der Waals surface area contributed by atoms with Crippen LogP contribution in [0.3, 0.4) is 0 Å². The van der Waals surface area contributed by atoms with Gasteiger partial charge >= 0.3 is 0 Å². The van der Waals surface area contributed by atoms with Crippen LogP contribution < -0.4 is 0 Å². The lowest BCUT2D eigenvalue weighted by atomic mass is 10.0. The molecule has 4 nitrogen and oxygen atoms in total. The molecule has 5 heteroatoms. The van der Waals surface area contributed by atoms with E-state index in [9.17, 15) is 0 Å². The number of nitrogens with one attached hydrogen (secondary N) is 1. The number of nitrogens with zero attached hydrogens (tertiary/aromatic N) is 2. The summed E-state index contributed by atoms with van der Waals surface area (Å²) in [5, 5.41) is 8.17.